The summed E-state index contributed by atoms with van der Waals surface area (Å²) in [6.07, 6.45) is 0.661. The van der Waals surface area contributed by atoms with Crippen molar-refractivity contribution < 1.29 is 13.9 Å². The van der Waals surface area contributed by atoms with Crippen molar-refractivity contribution in [1.29, 1.82) is 0 Å². The van der Waals surface area contributed by atoms with Crippen LogP contribution in [-0.2, 0) is 17.8 Å². The Hall–Kier alpha value is -3.68. The number of nitrogens with one attached hydrogen (secondary N) is 1. The third kappa shape index (κ3) is 4.28. The normalized spacial score (nSPS) is 11.2. The van der Waals surface area contributed by atoms with Gasteiger partial charge in [-0.3, -0.25) is 14.0 Å². The van der Waals surface area contributed by atoms with E-state index in [2.05, 4.69) is 10.4 Å². The highest BCUT2D eigenvalue weighted by atomic mass is 19.1. The van der Waals surface area contributed by atoms with Gasteiger partial charge in [-0.15, -0.1) is 0 Å². The Morgan fingerprint density at radius 2 is 1.90 bits per heavy atom. The summed E-state index contributed by atoms with van der Waals surface area (Å²) in [6, 6.07) is 13.7. The standard InChI is InChI=1S/C23H23FN4O3/c1-3-31-19-7-4-16(5-8-19)10-11-25-22(29)14-27-23(30)21-13-17-12-18(24)6-9-20(17)28(21)15(2)26-27/h4-9,12-13H,3,10-11,14H2,1-2H3,(H,25,29). The molecule has 1 N–H and O–H groups in total. The predicted molar refractivity (Wildman–Crippen MR) is 116 cm³/mol. The zero-order valence-corrected chi connectivity index (χ0v) is 17.4. The predicted octanol–water partition coefficient (Wildman–Crippen LogP) is 2.85. The smallest absolute Gasteiger partial charge is 0.291 e. The maximum absolute atomic E-state index is 13.5. The van der Waals surface area contributed by atoms with Crippen LogP contribution in [0.15, 0.2) is 53.3 Å². The maximum atomic E-state index is 13.5. The number of carbonyl (C=O) groups excluding carboxylic acids is 1. The van der Waals surface area contributed by atoms with Crippen LogP contribution in [0.4, 0.5) is 4.39 Å². The van der Waals surface area contributed by atoms with Crippen LogP contribution in [0, 0.1) is 12.7 Å². The number of ether oxygens (including phenoxy) is 1. The second kappa shape index (κ2) is 8.59. The lowest BCUT2D eigenvalue weighted by Crippen LogP contribution is -2.35. The molecule has 0 spiro atoms. The van der Waals surface area contributed by atoms with Crippen LogP contribution in [0.5, 0.6) is 5.75 Å². The number of hydrogen-bond donors (Lipinski definition) is 1. The summed E-state index contributed by atoms with van der Waals surface area (Å²) in [6.45, 7) is 4.55. The number of aryl methyl sites for hydroxylation is 1. The van der Waals surface area contributed by atoms with Crippen LogP contribution in [0.1, 0.15) is 18.3 Å². The number of amides is 1. The third-order valence-corrected chi connectivity index (χ3v) is 5.07. The van der Waals surface area contributed by atoms with Crippen molar-refractivity contribution in [3.63, 3.8) is 0 Å². The van der Waals surface area contributed by atoms with E-state index in [-0.39, 0.29) is 18.3 Å². The molecule has 8 heteroatoms. The molecule has 4 rings (SSSR count). The van der Waals surface area contributed by atoms with Gasteiger partial charge >= 0.3 is 0 Å². The molecule has 0 bridgehead atoms. The van der Waals surface area contributed by atoms with Crippen molar-refractivity contribution in [2.45, 2.75) is 26.8 Å². The first kappa shape index (κ1) is 20.6. The fourth-order valence-electron chi connectivity index (χ4n) is 3.65. The molecule has 2 heterocycles. The number of hydrogen-bond acceptors (Lipinski definition) is 4. The summed E-state index contributed by atoms with van der Waals surface area (Å²) in [5.41, 5.74) is 1.73. The van der Waals surface area contributed by atoms with Crippen molar-refractivity contribution in [3.8, 4) is 5.75 Å². The van der Waals surface area contributed by atoms with Gasteiger partial charge in [-0.2, -0.15) is 5.10 Å². The van der Waals surface area contributed by atoms with Crippen molar-refractivity contribution in [1.82, 2.24) is 19.5 Å². The van der Waals surface area contributed by atoms with Crippen LogP contribution in [0.3, 0.4) is 0 Å². The summed E-state index contributed by atoms with van der Waals surface area (Å²) in [5, 5.41) is 7.71. The molecule has 0 atom stereocenters. The number of benzene rings is 2. The Balaban J connectivity index is 1.45. The number of aromatic nitrogens is 3. The van der Waals surface area contributed by atoms with Gasteiger partial charge in [0.25, 0.3) is 5.56 Å². The van der Waals surface area contributed by atoms with Gasteiger partial charge in [0.05, 0.1) is 12.1 Å². The molecule has 7 nitrogen and oxygen atoms in total. The van der Waals surface area contributed by atoms with Gasteiger partial charge in [-0.1, -0.05) is 12.1 Å². The summed E-state index contributed by atoms with van der Waals surface area (Å²) >= 11 is 0. The Morgan fingerprint density at radius 1 is 1.13 bits per heavy atom. The summed E-state index contributed by atoms with van der Waals surface area (Å²) in [7, 11) is 0. The molecule has 4 aromatic rings. The van der Waals surface area contributed by atoms with E-state index in [4.69, 9.17) is 4.74 Å². The number of halogens is 1. The van der Waals surface area contributed by atoms with E-state index < -0.39 is 5.56 Å². The highest BCUT2D eigenvalue weighted by Gasteiger charge is 2.14. The molecular weight excluding hydrogens is 399 g/mol. The van der Waals surface area contributed by atoms with E-state index in [0.717, 1.165) is 16.0 Å². The first-order chi connectivity index (χ1) is 15.0. The first-order valence-electron chi connectivity index (χ1n) is 10.1. The lowest BCUT2D eigenvalue weighted by molar-refractivity contribution is -0.121. The number of rotatable bonds is 7. The van der Waals surface area contributed by atoms with Gasteiger partial charge < -0.3 is 10.1 Å². The number of nitrogens with zero attached hydrogens (tertiary/aromatic N) is 3. The highest BCUT2D eigenvalue weighted by Crippen LogP contribution is 2.20. The molecule has 2 aromatic carbocycles. The van der Waals surface area contributed by atoms with E-state index in [0.29, 0.717) is 41.8 Å². The van der Waals surface area contributed by atoms with E-state index in [1.165, 1.54) is 12.1 Å². The topological polar surface area (TPSA) is 77.6 Å². The maximum Gasteiger partial charge on any atom is 0.291 e. The molecule has 1 amide bonds. The van der Waals surface area contributed by atoms with Gasteiger partial charge in [0, 0.05) is 11.9 Å². The van der Waals surface area contributed by atoms with Crippen LogP contribution in [-0.4, -0.2) is 33.2 Å². The Kier molecular flexibility index (Phi) is 5.70. The van der Waals surface area contributed by atoms with Crippen molar-refractivity contribution >= 4 is 22.3 Å². The van der Waals surface area contributed by atoms with Crippen LogP contribution < -0.4 is 15.6 Å². The van der Waals surface area contributed by atoms with Crippen LogP contribution in [0.25, 0.3) is 16.4 Å². The summed E-state index contributed by atoms with van der Waals surface area (Å²) in [5.74, 6) is 0.679. The van der Waals surface area contributed by atoms with Gasteiger partial charge in [0.1, 0.15) is 29.5 Å². The van der Waals surface area contributed by atoms with Gasteiger partial charge in [-0.25, -0.2) is 9.07 Å². The van der Waals surface area contributed by atoms with Crippen molar-refractivity contribution in [2.75, 3.05) is 13.2 Å². The van der Waals surface area contributed by atoms with Gasteiger partial charge in [0.2, 0.25) is 5.91 Å². The van der Waals surface area contributed by atoms with Crippen LogP contribution >= 0.6 is 0 Å². The number of carbonyl (C=O) groups is 1. The zero-order chi connectivity index (χ0) is 22.0. The largest absolute Gasteiger partial charge is 0.494 e. The molecule has 0 saturated heterocycles. The minimum atomic E-state index is -0.399. The van der Waals surface area contributed by atoms with E-state index in [9.17, 15) is 14.0 Å². The monoisotopic (exact) mass is 422 g/mol. The molecule has 0 aliphatic rings. The molecule has 0 fully saturated rings. The van der Waals surface area contributed by atoms with E-state index in [1.807, 2.05) is 31.2 Å². The van der Waals surface area contributed by atoms with Crippen molar-refractivity contribution in [2.24, 2.45) is 0 Å². The lowest BCUT2D eigenvalue weighted by Gasteiger charge is -2.10. The molecule has 160 valence electrons. The van der Waals surface area contributed by atoms with Gasteiger partial charge in [0.15, 0.2) is 0 Å². The average molecular weight is 422 g/mol. The molecular formula is C23H23FN4O3. The Morgan fingerprint density at radius 3 is 2.65 bits per heavy atom. The minimum Gasteiger partial charge on any atom is -0.494 e. The zero-order valence-electron chi connectivity index (χ0n) is 17.4. The summed E-state index contributed by atoms with van der Waals surface area (Å²) < 4.78 is 21.8. The molecule has 31 heavy (non-hydrogen) atoms. The second-order valence-electron chi connectivity index (χ2n) is 7.26. The molecule has 0 aliphatic heterocycles. The third-order valence-electron chi connectivity index (χ3n) is 5.07. The first-order valence-corrected chi connectivity index (χ1v) is 10.1. The fraction of sp³-hybridized carbons (Fsp3) is 0.261. The van der Waals surface area contributed by atoms with Gasteiger partial charge in [-0.05, 0) is 62.2 Å². The Bertz CT molecular complexity index is 1310. The highest BCUT2D eigenvalue weighted by molar-refractivity contribution is 5.87. The van der Waals surface area contributed by atoms with Crippen LogP contribution in [0.2, 0.25) is 0 Å². The quantitative estimate of drug-likeness (QED) is 0.497. The number of fused-ring (bicyclic) bond motifs is 3. The Labute approximate surface area is 178 Å². The van der Waals surface area contributed by atoms with Crippen molar-refractivity contribution in [3.05, 3.63) is 76.1 Å². The molecule has 0 unspecified atom stereocenters. The SMILES string of the molecule is CCOc1ccc(CCNC(=O)Cn2nc(C)n3c(cc4cc(F)ccc43)c2=O)cc1. The fourth-order valence-corrected chi connectivity index (χ4v) is 3.65. The summed E-state index contributed by atoms with van der Waals surface area (Å²) in [4.78, 5) is 25.2. The van der Waals surface area contributed by atoms with E-state index >= 15 is 0 Å². The minimum absolute atomic E-state index is 0.185. The molecule has 0 saturated carbocycles. The lowest BCUT2D eigenvalue weighted by atomic mass is 10.1. The molecule has 0 aliphatic carbocycles. The second-order valence-corrected chi connectivity index (χ2v) is 7.26. The average Bonchev–Trinajstić information content (AvgIpc) is 3.12. The van der Waals surface area contributed by atoms with E-state index in [1.54, 1.807) is 23.5 Å². The molecule has 0 radical (unpaired) electrons. The molecule has 2 aromatic heterocycles.